The van der Waals surface area contributed by atoms with Crippen LogP contribution in [0.2, 0.25) is 0 Å². The molecule has 0 radical (unpaired) electrons. The second-order valence-electron chi connectivity index (χ2n) is 4.82. The topological polar surface area (TPSA) is 53.4 Å². The second kappa shape index (κ2) is 5.44. The minimum absolute atomic E-state index is 0.101. The lowest BCUT2D eigenvalue weighted by Gasteiger charge is -2.23. The summed E-state index contributed by atoms with van der Waals surface area (Å²) in [6.45, 7) is 3.66. The van der Waals surface area contributed by atoms with Crippen molar-refractivity contribution in [3.63, 3.8) is 0 Å². The van der Waals surface area contributed by atoms with Crippen molar-refractivity contribution in [1.29, 1.82) is 0 Å². The highest BCUT2D eigenvalue weighted by molar-refractivity contribution is 5.67. The lowest BCUT2D eigenvalue weighted by molar-refractivity contribution is -0.138. The predicted octanol–water partition coefficient (Wildman–Crippen LogP) is 2.08. The fraction of sp³-hybridized carbons (Fsp3) is 0.538. The summed E-state index contributed by atoms with van der Waals surface area (Å²) in [7, 11) is 0. The van der Waals surface area contributed by atoms with E-state index in [9.17, 15) is 9.18 Å². The van der Waals surface area contributed by atoms with Crippen LogP contribution in [-0.2, 0) is 4.79 Å². The highest BCUT2D eigenvalue weighted by atomic mass is 19.1. The maximum Gasteiger partial charge on any atom is 0.303 e. The van der Waals surface area contributed by atoms with Crippen LogP contribution < -0.4 is 0 Å². The number of aromatic nitrogens is 1. The molecule has 2 heterocycles. The molecule has 18 heavy (non-hydrogen) atoms. The second-order valence-corrected chi connectivity index (χ2v) is 4.82. The summed E-state index contributed by atoms with van der Waals surface area (Å²) in [5.74, 6) is -0.865. The van der Waals surface area contributed by atoms with Crippen LogP contribution in [0.1, 0.15) is 31.5 Å². The highest BCUT2D eigenvalue weighted by Crippen LogP contribution is 2.27. The average molecular weight is 252 g/mol. The van der Waals surface area contributed by atoms with Crippen LogP contribution in [0.5, 0.6) is 0 Å². The van der Waals surface area contributed by atoms with Crippen LogP contribution in [0.3, 0.4) is 0 Å². The molecule has 0 amide bonds. The van der Waals surface area contributed by atoms with Gasteiger partial charge in [-0.3, -0.25) is 14.7 Å². The Morgan fingerprint density at radius 2 is 2.44 bits per heavy atom. The summed E-state index contributed by atoms with van der Waals surface area (Å²) in [4.78, 5) is 16.9. The molecule has 0 spiro atoms. The summed E-state index contributed by atoms with van der Waals surface area (Å²) >= 11 is 0. The van der Waals surface area contributed by atoms with Gasteiger partial charge in [0.1, 0.15) is 5.82 Å². The fourth-order valence-electron chi connectivity index (χ4n) is 2.45. The van der Waals surface area contributed by atoms with Crippen LogP contribution in [-0.4, -0.2) is 34.0 Å². The lowest BCUT2D eigenvalue weighted by Crippen LogP contribution is -2.25. The average Bonchev–Trinajstić information content (AvgIpc) is 2.76. The SMILES string of the molecule is CC(c1ccc(F)cn1)N1CCC(CC(=O)O)C1. The van der Waals surface area contributed by atoms with Crippen molar-refractivity contribution in [2.75, 3.05) is 13.1 Å². The van der Waals surface area contributed by atoms with Crippen molar-refractivity contribution >= 4 is 5.97 Å². The van der Waals surface area contributed by atoms with Gasteiger partial charge in [-0.15, -0.1) is 0 Å². The predicted molar refractivity (Wildman–Crippen MR) is 64.5 cm³/mol. The molecule has 0 aliphatic carbocycles. The lowest BCUT2D eigenvalue weighted by atomic mass is 10.1. The Kier molecular flexibility index (Phi) is 3.91. The molecule has 1 aliphatic heterocycles. The number of rotatable bonds is 4. The molecule has 1 N–H and O–H groups in total. The summed E-state index contributed by atoms with van der Waals surface area (Å²) in [5, 5.41) is 8.77. The number of hydrogen-bond donors (Lipinski definition) is 1. The third kappa shape index (κ3) is 3.04. The first-order valence-corrected chi connectivity index (χ1v) is 6.13. The van der Waals surface area contributed by atoms with Crippen LogP contribution >= 0.6 is 0 Å². The monoisotopic (exact) mass is 252 g/mol. The standard InChI is InChI=1S/C13H17FN2O2/c1-9(12-3-2-11(14)7-15-12)16-5-4-10(8-16)6-13(17)18/h2-3,7,9-10H,4-6,8H2,1H3,(H,17,18). The van der Waals surface area contributed by atoms with E-state index in [4.69, 9.17) is 5.11 Å². The molecule has 1 aromatic heterocycles. The van der Waals surface area contributed by atoms with Gasteiger partial charge in [-0.05, 0) is 37.9 Å². The van der Waals surface area contributed by atoms with Crippen LogP contribution in [0.15, 0.2) is 18.3 Å². The quantitative estimate of drug-likeness (QED) is 0.891. The largest absolute Gasteiger partial charge is 0.481 e. The number of hydrogen-bond acceptors (Lipinski definition) is 3. The molecule has 0 aromatic carbocycles. The summed E-state index contributed by atoms with van der Waals surface area (Å²) in [6.07, 6.45) is 2.34. The van der Waals surface area contributed by atoms with E-state index < -0.39 is 5.97 Å². The first-order valence-electron chi connectivity index (χ1n) is 6.13. The molecule has 4 nitrogen and oxygen atoms in total. The maximum atomic E-state index is 12.8. The van der Waals surface area contributed by atoms with Gasteiger partial charge >= 0.3 is 5.97 Å². The molecule has 5 heteroatoms. The molecule has 1 fully saturated rings. The minimum atomic E-state index is -0.741. The number of pyridine rings is 1. The smallest absolute Gasteiger partial charge is 0.303 e. The van der Waals surface area contributed by atoms with Gasteiger partial charge in [-0.2, -0.15) is 0 Å². The van der Waals surface area contributed by atoms with Gasteiger partial charge in [-0.25, -0.2) is 4.39 Å². The van der Waals surface area contributed by atoms with Crippen molar-refractivity contribution in [2.45, 2.75) is 25.8 Å². The Labute approximate surface area is 105 Å². The van der Waals surface area contributed by atoms with Gasteiger partial charge in [0.2, 0.25) is 0 Å². The number of aliphatic carboxylic acids is 1. The zero-order valence-corrected chi connectivity index (χ0v) is 10.3. The van der Waals surface area contributed by atoms with E-state index in [0.717, 1.165) is 25.2 Å². The van der Waals surface area contributed by atoms with E-state index in [1.54, 1.807) is 6.07 Å². The molecule has 1 saturated heterocycles. The summed E-state index contributed by atoms with van der Waals surface area (Å²) in [6, 6.07) is 3.19. The molecular formula is C13H17FN2O2. The van der Waals surface area contributed by atoms with Crippen LogP contribution in [0, 0.1) is 11.7 Å². The summed E-state index contributed by atoms with van der Waals surface area (Å²) in [5.41, 5.74) is 0.826. The van der Waals surface area contributed by atoms with Crippen molar-refractivity contribution in [3.05, 3.63) is 29.8 Å². The number of likely N-dealkylation sites (tertiary alicyclic amines) is 1. The van der Waals surface area contributed by atoms with Gasteiger partial charge in [0.15, 0.2) is 0 Å². The number of halogens is 1. The molecule has 2 rings (SSSR count). The molecular weight excluding hydrogens is 235 g/mol. The van der Waals surface area contributed by atoms with E-state index in [2.05, 4.69) is 9.88 Å². The number of nitrogens with zero attached hydrogens (tertiary/aromatic N) is 2. The van der Waals surface area contributed by atoms with Crippen molar-refractivity contribution in [1.82, 2.24) is 9.88 Å². The van der Waals surface area contributed by atoms with E-state index in [0.29, 0.717) is 0 Å². The van der Waals surface area contributed by atoms with Crippen LogP contribution in [0.4, 0.5) is 4.39 Å². The molecule has 1 aromatic rings. The Bertz CT molecular complexity index is 422. The molecule has 0 bridgehead atoms. The van der Waals surface area contributed by atoms with Crippen LogP contribution in [0.25, 0.3) is 0 Å². The maximum absolute atomic E-state index is 12.8. The number of carbonyl (C=O) groups is 1. The first-order chi connectivity index (χ1) is 8.56. The van der Waals surface area contributed by atoms with E-state index in [1.807, 2.05) is 6.92 Å². The normalized spacial score (nSPS) is 22.0. The molecule has 1 aliphatic rings. The zero-order chi connectivity index (χ0) is 13.1. The number of carboxylic acid groups (broad SMARTS) is 1. The molecule has 0 saturated carbocycles. The molecule has 2 atom stereocenters. The van der Waals surface area contributed by atoms with E-state index in [1.165, 1.54) is 12.3 Å². The Hall–Kier alpha value is -1.49. The first kappa shape index (κ1) is 13.0. The van der Waals surface area contributed by atoms with E-state index >= 15 is 0 Å². The highest BCUT2D eigenvalue weighted by Gasteiger charge is 2.28. The van der Waals surface area contributed by atoms with Crippen molar-refractivity contribution < 1.29 is 14.3 Å². The van der Waals surface area contributed by atoms with Gasteiger partial charge in [-0.1, -0.05) is 0 Å². The van der Waals surface area contributed by atoms with Gasteiger partial charge in [0.05, 0.1) is 11.9 Å². The Balaban J connectivity index is 1.96. The van der Waals surface area contributed by atoms with Gasteiger partial charge in [0, 0.05) is 19.0 Å². The van der Waals surface area contributed by atoms with Crippen molar-refractivity contribution in [3.8, 4) is 0 Å². The van der Waals surface area contributed by atoms with Gasteiger partial charge in [0.25, 0.3) is 0 Å². The number of carboxylic acids is 1. The van der Waals surface area contributed by atoms with Gasteiger partial charge < -0.3 is 5.11 Å². The van der Waals surface area contributed by atoms with Crippen molar-refractivity contribution in [2.24, 2.45) is 5.92 Å². The minimum Gasteiger partial charge on any atom is -0.481 e. The molecule has 98 valence electrons. The Morgan fingerprint density at radius 3 is 3.06 bits per heavy atom. The summed E-state index contributed by atoms with van der Waals surface area (Å²) < 4.78 is 12.8. The Morgan fingerprint density at radius 1 is 1.67 bits per heavy atom. The third-order valence-electron chi connectivity index (χ3n) is 3.51. The molecule has 2 unspecified atom stereocenters. The van der Waals surface area contributed by atoms with E-state index in [-0.39, 0.29) is 24.2 Å². The zero-order valence-electron chi connectivity index (χ0n) is 10.3. The fourth-order valence-corrected chi connectivity index (χ4v) is 2.45. The third-order valence-corrected chi connectivity index (χ3v) is 3.51.